The van der Waals surface area contributed by atoms with E-state index >= 15 is 0 Å². The molecule has 0 spiro atoms. The maximum Gasteiger partial charge on any atom is 0.128 e. The van der Waals surface area contributed by atoms with E-state index in [4.69, 9.17) is 5.26 Å². The molecule has 0 aliphatic rings. The summed E-state index contributed by atoms with van der Waals surface area (Å²) in [6.45, 7) is 3.97. The van der Waals surface area contributed by atoms with Crippen molar-refractivity contribution in [2.45, 2.75) is 18.9 Å². The fraction of sp³-hybridized carbons (Fsp3) is 0.188. The van der Waals surface area contributed by atoms with Crippen LogP contribution >= 0.6 is 23.1 Å². The van der Waals surface area contributed by atoms with Gasteiger partial charge in [0, 0.05) is 10.9 Å². The van der Waals surface area contributed by atoms with Crippen LogP contribution in [0.15, 0.2) is 34.7 Å². The van der Waals surface area contributed by atoms with Gasteiger partial charge >= 0.3 is 0 Å². The number of hydrogen-bond donors (Lipinski definition) is 0. The molecule has 0 N–H and O–H groups in total. The van der Waals surface area contributed by atoms with E-state index in [2.05, 4.69) is 52.6 Å². The SMILES string of the molecule is Cc1ccc(-c2csc3nc(C)nc(SCC#N)c23)cc1. The summed E-state index contributed by atoms with van der Waals surface area (Å²) in [4.78, 5) is 10.0. The van der Waals surface area contributed by atoms with Gasteiger partial charge in [-0.1, -0.05) is 41.6 Å². The highest BCUT2D eigenvalue weighted by molar-refractivity contribution is 7.99. The van der Waals surface area contributed by atoms with E-state index in [0.717, 1.165) is 32.2 Å². The molecule has 104 valence electrons. The molecule has 0 amide bonds. The number of benzene rings is 1. The minimum absolute atomic E-state index is 0.398. The Kier molecular flexibility index (Phi) is 3.91. The Morgan fingerprint density at radius 2 is 1.95 bits per heavy atom. The molecule has 0 radical (unpaired) electrons. The van der Waals surface area contributed by atoms with Crippen molar-refractivity contribution in [1.82, 2.24) is 9.97 Å². The zero-order valence-electron chi connectivity index (χ0n) is 11.8. The van der Waals surface area contributed by atoms with Crippen LogP contribution in [0.4, 0.5) is 0 Å². The Hall–Kier alpha value is -1.90. The van der Waals surface area contributed by atoms with E-state index in [-0.39, 0.29) is 0 Å². The largest absolute Gasteiger partial charge is 0.226 e. The second kappa shape index (κ2) is 5.84. The number of fused-ring (bicyclic) bond motifs is 1. The molecule has 0 bridgehead atoms. The Morgan fingerprint density at radius 3 is 2.67 bits per heavy atom. The van der Waals surface area contributed by atoms with E-state index in [0.29, 0.717) is 5.75 Å². The number of nitriles is 1. The van der Waals surface area contributed by atoms with Crippen molar-refractivity contribution in [3.63, 3.8) is 0 Å². The molecule has 5 heteroatoms. The number of nitrogens with zero attached hydrogens (tertiary/aromatic N) is 3. The minimum atomic E-state index is 0.398. The summed E-state index contributed by atoms with van der Waals surface area (Å²) >= 11 is 3.10. The van der Waals surface area contributed by atoms with Gasteiger partial charge in [0.15, 0.2) is 0 Å². The second-order valence-electron chi connectivity index (χ2n) is 4.72. The lowest BCUT2D eigenvalue weighted by Crippen LogP contribution is -1.91. The van der Waals surface area contributed by atoms with E-state index in [1.54, 1.807) is 11.3 Å². The summed E-state index contributed by atoms with van der Waals surface area (Å²) in [7, 11) is 0. The molecule has 1 aromatic carbocycles. The van der Waals surface area contributed by atoms with Crippen LogP contribution in [0.25, 0.3) is 21.3 Å². The molecule has 0 fully saturated rings. The molecule has 3 rings (SSSR count). The highest BCUT2D eigenvalue weighted by Gasteiger charge is 2.14. The van der Waals surface area contributed by atoms with Crippen molar-refractivity contribution in [3.05, 3.63) is 41.0 Å². The van der Waals surface area contributed by atoms with Gasteiger partial charge in [0.1, 0.15) is 15.7 Å². The third kappa shape index (κ3) is 2.78. The number of thiophene rings is 1. The molecule has 0 aliphatic carbocycles. The van der Waals surface area contributed by atoms with Crippen molar-refractivity contribution in [3.8, 4) is 17.2 Å². The smallest absolute Gasteiger partial charge is 0.128 e. The van der Waals surface area contributed by atoms with Gasteiger partial charge in [-0.25, -0.2) is 9.97 Å². The number of thioether (sulfide) groups is 1. The molecule has 0 aliphatic heterocycles. The zero-order valence-corrected chi connectivity index (χ0v) is 13.4. The summed E-state index contributed by atoms with van der Waals surface area (Å²) in [5.41, 5.74) is 3.55. The first-order valence-electron chi connectivity index (χ1n) is 6.51. The molecule has 2 heterocycles. The molecule has 21 heavy (non-hydrogen) atoms. The van der Waals surface area contributed by atoms with Crippen molar-refractivity contribution in [1.29, 1.82) is 5.26 Å². The summed E-state index contributed by atoms with van der Waals surface area (Å²) in [6.07, 6.45) is 0. The first kappa shape index (κ1) is 14.1. The van der Waals surface area contributed by atoms with Crippen molar-refractivity contribution >= 4 is 33.3 Å². The van der Waals surface area contributed by atoms with Gasteiger partial charge in [-0.15, -0.1) is 11.3 Å². The molecule has 3 nitrogen and oxygen atoms in total. The van der Waals surface area contributed by atoms with Gasteiger partial charge in [0.05, 0.1) is 17.2 Å². The average molecular weight is 311 g/mol. The van der Waals surface area contributed by atoms with Crippen LogP contribution in [-0.4, -0.2) is 15.7 Å². The van der Waals surface area contributed by atoms with Crippen LogP contribution in [0, 0.1) is 25.2 Å². The third-order valence-electron chi connectivity index (χ3n) is 3.15. The predicted octanol–water partition coefficient (Wildman–Crippen LogP) is 4.59. The maximum atomic E-state index is 8.82. The highest BCUT2D eigenvalue weighted by atomic mass is 32.2. The monoisotopic (exact) mass is 311 g/mol. The molecule has 0 saturated heterocycles. The Bertz CT molecular complexity index is 829. The van der Waals surface area contributed by atoms with Crippen LogP contribution in [0.2, 0.25) is 0 Å². The summed E-state index contributed by atoms with van der Waals surface area (Å²) < 4.78 is 0. The fourth-order valence-corrected chi connectivity index (χ4v) is 3.97. The van der Waals surface area contributed by atoms with E-state index in [1.165, 1.54) is 17.3 Å². The van der Waals surface area contributed by atoms with Crippen molar-refractivity contribution in [2.24, 2.45) is 0 Å². The summed E-state index contributed by atoms with van der Waals surface area (Å²) in [6, 6.07) is 10.6. The molecule has 0 saturated carbocycles. The molecule has 0 unspecified atom stereocenters. The molecular weight excluding hydrogens is 298 g/mol. The van der Waals surface area contributed by atoms with Gasteiger partial charge in [-0.05, 0) is 19.4 Å². The summed E-state index contributed by atoms with van der Waals surface area (Å²) in [5.74, 6) is 1.15. The van der Waals surface area contributed by atoms with Gasteiger partial charge in [0.25, 0.3) is 0 Å². The Morgan fingerprint density at radius 1 is 1.19 bits per heavy atom. The quantitative estimate of drug-likeness (QED) is 0.524. The first-order chi connectivity index (χ1) is 10.2. The van der Waals surface area contributed by atoms with E-state index in [9.17, 15) is 0 Å². The van der Waals surface area contributed by atoms with Crippen LogP contribution in [0.3, 0.4) is 0 Å². The number of hydrogen-bond acceptors (Lipinski definition) is 5. The Labute approximate surface area is 131 Å². The average Bonchev–Trinajstić information content (AvgIpc) is 2.89. The maximum absolute atomic E-state index is 8.82. The van der Waals surface area contributed by atoms with Crippen molar-refractivity contribution in [2.75, 3.05) is 5.75 Å². The number of aromatic nitrogens is 2. The van der Waals surface area contributed by atoms with Crippen LogP contribution in [0.5, 0.6) is 0 Å². The Balaban J connectivity index is 2.20. The van der Waals surface area contributed by atoms with E-state index in [1.807, 2.05) is 6.92 Å². The normalized spacial score (nSPS) is 10.7. The van der Waals surface area contributed by atoms with Crippen molar-refractivity contribution < 1.29 is 0 Å². The molecule has 0 atom stereocenters. The van der Waals surface area contributed by atoms with Gasteiger partial charge in [-0.2, -0.15) is 5.26 Å². The third-order valence-corrected chi connectivity index (χ3v) is 4.86. The topological polar surface area (TPSA) is 49.6 Å². The van der Waals surface area contributed by atoms with Crippen LogP contribution < -0.4 is 0 Å². The molecule has 3 aromatic rings. The summed E-state index contributed by atoms with van der Waals surface area (Å²) in [5, 5.41) is 12.9. The lowest BCUT2D eigenvalue weighted by molar-refractivity contribution is 1.02. The number of rotatable bonds is 3. The van der Waals surface area contributed by atoms with E-state index < -0.39 is 0 Å². The molecular formula is C16H13N3S2. The second-order valence-corrected chi connectivity index (χ2v) is 6.54. The van der Waals surface area contributed by atoms with Crippen LogP contribution in [0.1, 0.15) is 11.4 Å². The minimum Gasteiger partial charge on any atom is -0.226 e. The molecule has 2 aromatic heterocycles. The van der Waals surface area contributed by atoms with Gasteiger partial charge in [0.2, 0.25) is 0 Å². The van der Waals surface area contributed by atoms with Gasteiger partial charge < -0.3 is 0 Å². The highest BCUT2D eigenvalue weighted by Crippen LogP contribution is 2.38. The predicted molar refractivity (Wildman–Crippen MR) is 88.7 cm³/mol. The lowest BCUT2D eigenvalue weighted by Gasteiger charge is -2.05. The standard InChI is InChI=1S/C16H13N3S2/c1-10-3-5-12(6-4-10)13-9-21-16-14(13)15(20-8-7-17)18-11(2)19-16/h3-6,9H,8H2,1-2H3. The lowest BCUT2D eigenvalue weighted by atomic mass is 10.1. The first-order valence-corrected chi connectivity index (χ1v) is 8.38. The van der Waals surface area contributed by atoms with Gasteiger partial charge in [-0.3, -0.25) is 0 Å². The zero-order chi connectivity index (χ0) is 14.8. The number of aryl methyl sites for hydroxylation is 2. The van der Waals surface area contributed by atoms with Crippen LogP contribution in [-0.2, 0) is 0 Å². The fourth-order valence-electron chi connectivity index (χ4n) is 2.16.